The molecule has 7 heteroatoms. The van der Waals surface area contributed by atoms with E-state index >= 15 is 0 Å². The number of carbonyl (C=O) groups excluding carboxylic acids is 1. The number of nitrogens with zero attached hydrogens (tertiary/aromatic N) is 4. The Balaban J connectivity index is 1.60. The predicted octanol–water partition coefficient (Wildman–Crippen LogP) is 3.35. The monoisotopic (exact) mass is 389 g/mol. The van der Waals surface area contributed by atoms with Crippen LogP contribution in [0, 0.1) is 22.7 Å². The summed E-state index contributed by atoms with van der Waals surface area (Å²) < 4.78 is 0. The number of para-hydroxylation sites is 1. The molecule has 2 heterocycles. The number of fused-ring (bicyclic) bond motifs is 1. The number of pyridine rings is 1. The summed E-state index contributed by atoms with van der Waals surface area (Å²) in [6, 6.07) is 12.3. The standard InChI is InChI=1S/C21H19N5OS/c1-12-8-14-4-2-3-5-17(14)26(12)18(27)11-28-21-16(10-23)19(13-6-7-13)15(9-22)20(24)25-21/h2-5,12-13H,6-8,11H2,1H3,(H2,24,25)/t12-/m0/s1. The molecule has 1 aliphatic carbocycles. The van der Waals surface area contributed by atoms with Gasteiger partial charge in [0.05, 0.1) is 16.9 Å². The van der Waals surface area contributed by atoms with Crippen molar-refractivity contribution in [1.29, 1.82) is 10.5 Å². The fourth-order valence-electron chi connectivity index (χ4n) is 3.85. The van der Waals surface area contributed by atoms with Crippen molar-refractivity contribution < 1.29 is 4.79 Å². The maximum atomic E-state index is 12.9. The van der Waals surface area contributed by atoms with Crippen molar-refractivity contribution >= 4 is 29.2 Å². The lowest BCUT2D eigenvalue weighted by Gasteiger charge is -2.22. The van der Waals surface area contributed by atoms with Crippen LogP contribution in [0.3, 0.4) is 0 Å². The Labute approximate surface area is 168 Å². The van der Waals surface area contributed by atoms with Gasteiger partial charge in [-0.25, -0.2) is 4.98 Å². The van der Waals surface area contributed by atoms with E-state index in [1.165, 1.54) is 17.3 Å². The smallest absolute Gasteiger partial charge is 0.237 e. The van der Waals surface area contributed by atoms with E-state index in [0.717, 1.165) is 24.9 Å². The molecule has 1 aromatic heterocycles. The Morgan fingerprint density at radius 1 is 1.29 bits per heavy atom. The van der Waals surface area contributed by atoms with Gasteiger partial charge in [0.15, 0.2) is 0 Å². The minimum Gasteiger partial charge on any atom is -0.383 e. The summed E-state index contributed by atoms with van der Waals surface area (Å²) in [5.41, 5.74) is 9.50. The van der Waals surface area contributed by atoms with Crippen LogP contribution in [0.1, 0.15) is 47.9 Å². The fourth-order valence-corrected chi connectivity index (χ4v) is 4.72. The molecule has 4 rings (SSSR count). The Bertz CT molecular complexity index is 1050. The summed E-state index contributed by atoms with van der Waals surface area (Å²) in [4.78, 5) is 19.0. The maximum Gasteiger partial charge on any atom is 0.237 e. The number of hydrogen-bond acceptors (Lipinski definition) is 6. The molecular formula is C21H19N5OS. The molecule has 1 fully saturated rings. The number of aromatic nitrogens is 1. The third-order valence-electron chi connectivity index (χ3n) is 5.25. The lowest BCUT2D eigenvalue weighted by molar-refractivity contribution is -0.116. The zero-order valence-electron chi connectivity index (χ0n) is 15.5. The number of nitrogen functional groups attached to an aromatic ring is 1. The molecule has 1 saturated carbocycles. The summed E-state index contributed by atoms with van der Waals surface area (Å²) in [6.07, 6.45) is 2.72. The molecule has 2 N–H and O–H groups in total. The SMILES string of the molecule is C[C@H]1Cc2ccccc2N1C(=O)CSc1nc(N)c(C#N)c(C2CC2)c1C#N. The quantitative estimate of drug-likeness (QED) is 0.804. The Morgan fingerprint density at radius 2 is 2.00 bits per heavy atom. The maximum absolute atomic E-state index is 12.9. The zero-order valence-corrected chi connectivity index (χ0v) is 16.3. The van der Waals surface area contributed by atoms with Crippen LogP contribution in [0.15, 0.2) is 29.3 Å². The van der Waals surface area contributed by atoms with Crippen molar-refractivity contribution in [3.05, 3.63) is 46.5 Å². The molecule has 28 heavy (non-hydrogen) atoms. The molecule has 1 atom stereocenters. The molecule has 1 aromatic carbocycles. The second kappa shape index (κ2) is 7.18. The molecule has 0 bridgehead atoms. The van der Waals surface area contributed by atoms with Gasteiger partial charge in [-0.15, -0.1) is 0 Å². The number of hydrogen-bond donors (Lipinski definition) is 1. The topological polar surface area (TPSA) is 107 Å². The lowest BCUT2D eigenvalue weighted by atomic mass is 10.0. The Morgan fingerprint density at radius 3 is 2.68 bits per heavy atom. The van der Waals surface area contributed by atoms with Crippen molar-refractivity contribution in [3.63, 3.8) is 0 Å². The van der Waals surface area contributed by atoms with E-state index in [9.17, 15) is 15.3 Å². The van der Waals surface area contributed by atoms with E-state index in [1.54, 1.807) is 0 Å². The van der Waals surface area contributed by atoms with Crippen molar-refractivity contribution in [2.45, 2.75) is 43.2 Å². The van der Waals surface area contributed by atoms with Gasteiger partial charge in [-0.05, 0) is 49.3 Å². The van der Waals surface area contributed by atoms with Gasteiger partial charge < -0.3 is 10.6 Å². The number of anilines is 2. The molecule has 0 saturated heterocycles. The Kier molecular flexibility index (Phi) is 4.70. The van der Waals surface area contributed by atoms with Gasteiger partial charge in [0, 0.05) is 11.7 Å². The van der Waals surface area contributed by atoms with Crippen LogP contribution in [0.2, 0.25) is 0 Å². The predicted molar refractivity (Wildman–Crippen MR) is 108 cm³/mol. The summed E-state index contributed by atoms with van der Waals surface area (Å²) in [7, 11) is 0. The van der Waals surface area contributed by atoms with Crippen molar-refractivity contribution in [2.75, 3.05) is 16.4 Å². The summed E-state index contributed by atoms with van der Waals surface area (Å²) in [6.45, 7) is 2.03. The van der Waals surface area contributed by atoms with Crippen LogP contribution in [0.4, 0.5) is 11.5 Å². The van der Waals surface area contributed by atoms with Gasteiger partial charge in [0.1, 0.15) is 23.0 Å². The molecule has 6 nitrogen and oxygen atoms in total. The zero-order chi connectivity index (χ0) is 19.8. The number of amides is 1. The number of carbonyl (C=O) groups is 1. The van der Waals surface area contributed by atoms with E-state index in [2.05, 4.69) is 17.1 Å². The number of thioether (sulfide) groups is 1. The van der Waals surface area contributed by atoms with E-state index in [-0.39, 0.29) is 29.4 Å². The number of benzene rings is 1. The first-order valence-corrected chi connectivity index (χ1v) is 10.2. The van der Waals surface area contributed by atoms with Gasteiger partial charge in [-0.2, -0.15) is 10.5 Å². The van der Waals surface area contributed by atoms with Crippen molar-refractivity contribution in [2.24, 2.45) is 0 Å². The average molecular weight is 389 g/mol. The number of rotatable bonds is 4. The van der Waals surface area contributed by atoms with Gasteiger partial charge in [-0.1, -0.05) is 30.0 Å². The van der Waals surface area contributed by atoms with Gasteiger partial charge >= 0.3 is 0 Å². The Hall–Kier alpha value is -3.03. The molecule has 1 aliphatic heterocycles. The highest BCUT2D eigenvalue weighted by Crippen LogP contribution is 2.46. The molecular weight excluding hydrogens is 370 g/mol. The normalized spacial score (nSPS) is 17.7. The second-order valence-corrected chi connectivity index (χ2v) is 8.16. The second-order valence-electron chi connectivity index (χ2n) is 7.20. The van der Waals surface area contributed by atoms with Crippen LogP contribution >= 0.6 is 11.8 Å². The average Bonchev–Trinajstić information content (AvgIpc) is 3.47. The molecule has 2 aliphatic rings. The van der Waals surface area contributed by atoms with Crippen LogP contribution in [-0.2, 0) is 11.2 Å². The molecule has 1 amide bonds. The van der Waals surface area contributed by atoms with E-state index < -0.39 is 0 Å². The van der Waals surface area contributed by atoms with Crippen LogP contribution < -0.4 is 10.6 Å². The van der Waals surface area contributed by atoms with Gasteiger partial charge in [-0.3, -0.25) is 4.79 Å². The van der Waals surface area contributed by atoms with Gasteiger partial charge in [0.25, 0.3) is 0 Å². The van der Waals surface area contributed by atoms with E-state index in [1.807, 2.05) is 36.1 Å². The number of nitrogens with two attached hydrogens (primary N) is 1. The molecule has 0 unspecified atom stereocenters. The molecule has 2 aromatic rings. The fraction of sp³-hybridized carbons (Fsp3) is 0.333. The van der Waals surface area contributed by atoms with Crippen molar-refractivity contribution in [3.8, 4) is 12.1 Å². The molecule has 0 radical (unpaired) electrons. The van der Waals surface area contributed by atoms with Crippen LogP contribution in [0.25, 0.3) is 0 Å². The molecule has 140 valence electrons. The minimum atomic E-state index is -0.0240. The first-order valence-electron chi connectivity index (χ1n) is 9.21. The summed E-state index contributed by atoms with van der Waals surface area (Å²) in [5.74, 6) is 0.466. The highest BCUT2D eigenvalue weighted by Gasteiger charge is 2.34. The first-order chi connectivity index (χ1) is 13.5. The third-order valence-corrected chi connectivity index (χ3v) is 6.21. The minimum absolute atomic E-state index is 0.0240. The number of nitriles is 2. The lowest BCUT2D eigenvalue weighted by Crippen LogP contribution is -2.37. The third kappa shape index (κ3) is 3.08. The highest BCUT2D eigenvalue weighted by molar-refractivity contribution is 8.00. The highest BCUT2D eigenvalue weighted by atomic mass is 32.2. The van der Waals surface area contributed by atoms with Crippen molar-refractivity contribution in [1.82, 2.24) is 4.98 Å². The summed E-state index contributed by atoms with van der Waals surface area (Å²) >= 11 is 1.22. The van der Waals surface area contributed by atoms with E-state index in [4.69, 9.17) is 5.73 Å². The first kappa shape index (κ1) is 18.3. The van der Waals surface area contributed by atoms with E-state index in [0.29, 0.717) is 21.7 Å². The molecule has 0 spiro atoms. The van der Waals surface area contributed by atoms with Crippen LogP contribution in [-0.4, -0.2) is 22.7 Å². The van der Waals surface area contributed by atoms with Crippen LogP contribution in [0.5, 0.6) is 0 Å². The summed E-state index contributed by atoms with van der Waals surface area (Å²) in [5, 5.41) is 19.5. The largest absolute Gasteiger partial charge is 0.383 e. The van der Waals surface area contributed by atoms with Gasteiger partial charge in [0.2, 0.25) is 5.91 Å².